The summed E-state index contributed by atoms with van der Waals surface area (Å²) in [7, 11) is -2.55. The fourth-order valence-corrected chi connectivity index (χ4v) is 3.36. The summed E-state index contributed by atoms with van der Waals surface area (Å²) in [6, 6.07) is 10.4. The summed E-state index contributed by atoms with van der Waals surface area (Å²) in [4.78, 5) is 12.0. The minimum Gasteiger partial charge on any atom is -0.460 e. The molecule has 0 aliphatic heterocycles. The van der Waals surface area contributed by atoms with E-state index in [1.165, 1.54) is 37.4 Å². The van der Waals surface area contributed by atoms with E-state index in [2.05, 4.69) is 0 Å². The number of likely N-dealkylation sites (N-methyl/N-ethyl adjacent to an activating group) is 1. The molecule has 0 bridgehead atoms. The van der Waals surface area contributed by atoms with Crippen molar-refractivity contribution in [2.24, 2.45) is 0 Å². The molecule has 0 heterocycles. The predicted molar refractivity (Wildman–Crippen MR) is 92.2 cm³/mol. The van der Waals surface area contributed by atoms with Crippen molar-refractivity contribution in [3.8, 4) is 0 Å². The van der Waals surface area contributed by atoms with E-state index in [0.29, 0.717) is 0 Å². The van der Waals surface area contributed by atoms with Gasteiger partial charge in [0.25, 0.3) is 0 Å². The van der Waals surface area contributed by atoms with Crippen LogP contribution in [-0.4, -0.2) is 32.3 Å². The Morgan fingerprint density at radius 2 is 1.84 bits per heavy atom. The molecule has 0 spiro atoms. The summed E-state index contributed by atoms with van der Waals surface area (Å²) in [5.41, 5.74) is 0.962. The first-order chi connectivity index (χ1) is 11.7. The summed E-state index contributed by atoms with van der Waals surface area (Å²) in [6.07, 6.45) is 0. The smallest absolute Gasteiger partial charge is 0.321 e. The van der Waals surface area contributed by atoms with Crippen LogP contribution in [0.1, 0.15) is 11.1 Å². The van der Waals surface area contributed by atoms with E-state index < -0.39 is 28.4 Å². The number of hydrogen-bond donors (Lipinski definition) is 0. The Labute approximate surface area is 151 Å². The minimum atomic E-state index is -3.82. The Hall–Kier alpha value is -1.96. The van der Waals surface area contributed by atoms with Crippen molar-refractivity contribution in [2.75, 3.05) is 13.6 Å². The fraction of sp³-hybridized carbons (Fsp3) is 0.235. The van der Waals surface area contributed by atoms with Gasteiger partial charge in [-0.1, -0.05) is 35.4 Å². The Kier molecular flexibility index (Phi) is 6.16. The average molecular weight is 386 g/mol. The van der Waals surface area contributed by atoms with Gasteiger partial charge in [0, 0.05) is 12.6 Å². The largest absolute Gasteiger partial charge is 0.460 e. The maximum absolute atomic E-state index is 13.6. The minimum absolute atomic E-state index is 0.0431. The molecule has 0 saturated heterocycles. The highest BCUT2D eigenvalue weighted by Gasteiger charge is 2.23. The second-order valence-electron chi connectivity index (χ2n) is 5.44. The van der Waals surface area contributed by atoms with Gasteiger partial charge in [0.15, 0.2) is 0 Å². The summed E-state index contributed by atoms with van der Waals surface area (Å²) >= 11 is 5.85. The maximum atomic E-state index is 13.6. The number of sulfonamides is 1. The molecule has 2 rings (SSSR count). The van der Waals surface area contributed by atoms with E-state index in [4.69, 9.17) is 16.3 Å². The maximum Gasteiger partial charge on any atom is 0.321 e. The first-order valence-electron chi connectivity index (χ1n) is 7.33. The molecule has 8 heteroatoms. The van der Waals surface area contributed by atoms with Crippen LogP contribution in [0.4, 0.5) is 4.39 Å². The molecule has 0 radical (unpaired) electrons. The third-order valence-corrected chi connectivity index (χ3v) is 5.69. The molecule has 0 N–H and O–H groups in total. The normalized spacial score (nSPS) is 11.6. The average Bonchev–Trinajstić information content (AvgIpc) is 2.54. The number of esters is 1. The van der Waals surface area contributed by atoms with Gasteiger partial charge >= 0.3 is 5.97 Å². The molecule has 0 saturated carbocycles. The van der Waals surface area contributed by atoms with Crippen molar-refractivity contribution in [3.63, 3.8) is 0 Å². The van der Waals surface area contributed by atoms with E-state index >= 15 is 0 Å². The zero-order valence-electron chi connectivity index (χ0n) is 13.7. The van der Waals surface area contributed by atoms with Crippen molar-refractivity contribution in [3.05, 3.63) is 64.4 Å². The number of nitrogens with zero attached hydrogens (tertiary/aromatic N) is 1. The number of aryl methyl sites for hydroxylation is 1. The van der Waals surface area contributed by atoms with Crippen LogP contribution in [0.25, 0.3) is 0 Å². The van der Waals surface area contributed by atoms with Gasteiger partial charge in [-0.15, -0.1) is 0 Å². The first kappa shape index (κ1) is 19.4. The molecular formula is C17H17ClFNO4S. The van der Waals surface area contributed by atoms with Crippen molar-refractivity contribution in [1.82, 2.24) is 4.31 Å². The second-order valence-corrected chi connectivity index (χ2v) is 7.89. The lowest BCUT2D eigenvalue weighted by Gasteiger charge is -2.16. The standard InChI is InChI=1S/C17H17ClFNO4S/c1-12-6-8-13(9-7-12)25(22,23)20(2)10-17(21)24-11-14-15(18)4-3-5-16(14)19/h3-9H,10-11H2,1-2H3. The zero-order valence-corrected chi connectivity index (χ0v) is 15.3. The number of carbonyl (C=O) groups excluding carboxylic acids is 1. The van der Waals surface area contributed by atoms with E-state index in [1.807, 2.05) is 6.92 Å². The molecule has 25 heavy (non-hydrogen) atoms. The molecule has 0 atom stereocenters. The topological polar surface area (TPSA) is 63.7 Å². The van der Waals surface area contributed by atoms with Crippen molar-refractivity contribution in [1.29, 1.82) is 0 Å². The van der Waals surface area contributed by atoms with Gasteiger partial charge in [0.2, 0.25) is 10.0 Å². The highest BCUT2D eigenvalue weighted by molar-refractivity contribution is 7.89. The molecule has 5 nitrogen and oxygen atoms in total. The van der Waals surface area contributed by atoms with Crippen LogP contribution in [0, 0.1) is 12.7 Å². The Balaban J connectivity index is 2.01. The van der Waals surface area contributed by atoms with Crippen LogP contribution in [0.15, 0.2) is 47.4 Å². The second kappa shape index (κ2) is 7.95. The number of benzene rings is 2. The van der Waals surface area contributed by atoms with Crippen molar-refractivity contribution < 1.29 is 22.3 Å². The Bertz CT molecular complexity index is 848. The molecule has 2 aromatic carbocycles. The lowest BCUT2D eigenvalue weighted by molar-refractivity contribution is -0.145. The van der Waals surface area contributed by atoms with Crippen LogP contribution < -0.4 is 0 Å². The molecule has 134 valence electrons. The van der Waals surface area contributed by atoms with Gasteiger partial charge in [-0.25, -0.2) is 12.8 Å². The molecular weight excluding hydrogens is 369 g/mol. The van der Waals surface area contributed by atoms with Gasteiger partial charge in [0.1, 0.15) is 19.0 Å². The molecule has 0 amide bonds. The summed E-state index contributed by atoms with van der Waals surface area (Å²) in [5, 5.41) is 0.133. The lowest BCUT2D eigenvalue weighted by Crippen LogP contribution is -2.33. The fourth-order valence-electron chi connectivity index (χ4n) is 2.03. The number of ether oxygens (including phenoxy) is 1. The van der Waals surface area contributed by atoms with E-state index in [9.17, 15) is 17.6 Å². The van der Waals surface area contributed by atoms with Crippen LogP contribution in [-0.2, 0) is 26.2 Å². The zero-order chi connectivity index (χ0) is 18.6. The third kappa shape index (κ3) is 4.78. The van der Waals surface area contributed by atoms with Gasteiger partial charge in [-0.3, -0.25) is 4.79 Å². The Morgan fingerprint density at radius 3 is 2.44 bits per heavy atom. The van der Waals surface area contributed by atoms with Crippen molar-refractivity contribution >= 4 is 27.6 Å². The monoisotopic (exact) mass is 385 g/mol. The predicted octanol–water partition coefficient (Wildman–Crippen LogP) is 3.15. The number of hydrogen-bond acceptors (Lipinski definition) is 4. The molecule has 0 unspecified atom stereocenters. The van der Waals surface area contributed by atoms with Gasteiger partial charge in [-0.05, 0) is 31.2 Å². The number of halogens is 2. The molecule has 0 fully saturated rings. The molecule has 0 aliphatic carbocycles. The number of carbonyl (C=O) groups is 1. The van der Waals surface area contributed by atoms with Crippen LogP contribution in [0.3, 0.4) is 0 Å². The summed E-state index contributed by atoms with van der Waals surface area (Å²) in [5.74, 6) is -1.40. The molecule has 2 aromatic rings. The van der Waals surface area contributed by atoms with Crippen LogP contribution >= 0.6 is 11.6 Å². The van der Waals surface area contributed by atoms with Gasteiger partial charge in [-0.2, -0.15) is 4.31 Å². The highest BCUT2D eigenvalue weighted by atomic mass is 35.5. The van der Waals surface area contributed by atoms with Crippen molar-refractivity contribution in [2.45, 2.75) is 18.4 Å². The molecule has 0 aromatic heterocycles. The van der Waals surface area contributed by atoms with E-state index in [-0.39, 0.29) is 22.1 Å². The summed E-state index contributed by atoms with van der Waals surface area (Å²) in [6.45, 7) is 0.969. The first-order valence-corrected chi connectivity index (χ1v) is 9.15. The number of rotatable bonds is 6. The third-order valence-electron chi connectivity index (χ3n) is 3.52. The Morgan fingerprint density at radius 1 is 1.20 bits per heavy atom. The molecule has 0 aliphatic rings. The highest BCUT2D eigenvalue weighted by Crippen LogP contribution is 2.20. The van der Waals surface area contributed by atoms with E-state index in [1.54, 1.807) is 12.1 Å². The van der Waals surface area contributed by atoms with E-state index in [0.717, 1.165) is 9.87 Å². The van der Waals surface area contributed by atoms with Crippen LogP contribution in [0.5, 0.6) is 0 Å². The SMILES string of the molecule is Cc1ccc(S(=O)(=O)N(C)CC(=O)OCc2c(F)cccc2Cl)cc1. The summed E-state index contributed by atoms with van der Waals surface area (Å²) < 4.78 is 44.2. The van der Waals surface area contributed by atoms with Gasteiger partial charge in [0.05, 0.1) is 9.92 Å². The van der Waals surface area contributed by atoms with Crippen LogP contribution in [0.2, 0.25) is 5.02 Å². The van der Waals surface area contributed by atoms with Gasteiger partial charge < -0.3 is 4.74 Å². The lowest BCUT2D eigenvalue weighted by atomic mass is 10.2. The quantitative estimate of drug-likeness (QED) is 0.716.